The number of carbonyl (C=O) groups is 2. The lowest BCUT2D eigenvalue weighted by Gasteiger charge is -2.25. The summed E-state index contributed by atoms with van der Waals surface area (Å²) in [5, 5.41) is 10.1. The molecule has 0 saturated carbocycles. The summed E-state index contributed by atoms with van der Waals surface area (Å²) >= 11 is 0. The number of phenolic OH excluding ortho intramolecular Hbond substituents is 1. The highest BCUT2D eigenvalue weighted by Gasteiger charge is 2.45. The van der Waals surface area contributed by atoms with Gasteiger partial charge in [0, 0.05) is 35.1 Å². The molecule has 2 amide bonds. The summed E-state index contributed by atoms with van der Waals surface area (Å²) in [6.45, 7) is 5.74. The average Bonchev–Trinajstić information content (AvgIpc) is 3.09. The second-order valence-corrected chi connectivity index (χ2v) is 9.79. The third-order valence-corrected chi connectivity index (χ3v) is 6.45. The number of amides is 2. The van der Waals surface area contributed by atoms with E-state index in [9.17, 15) is 28.3 Å². The lowest BCUT2D eigenvalue weighted by molar-refractivity contribution is -0.123. The fourth-order valence-corrected chi connectivity index (χ4v) is 4.57. The van der Waals surface area contributed by atoms with Crippen molar-refractivity contribution in [3.8, 4) is 28.2 Å². The number of fused-ring (bicyclic) bond motifs is 2. The molecule has 1 unspecified atom stereocenters. The number of aromatic hydroxyl groups is 1. The number of halogens is 2. The van der Waals surface area contributed by atoms with Crippen LogP contribution in [-0.4, -0.2) is 16.9 Å². The Hall–Kier alpha value is -4.07. The van der Waals surface area contributed by atoms with Crippen LogP contribution in [0.15, 0.2) is 57.7 Å². The molecule has 0 radical (unpaired) electrons. The van der Waals surface area contributed by atoms with Gasteiger partial charge in [0.2, 0.25) is 17.2 Å². The first-order valence-electron chi connectivity index (χ1n) is 11.0. The maximum absolute atomic E-state index is 14.3. The van der Waals surface area contributed by atoms with Crippen molar-refractivity contribution in [1.29, 1.82) is 0 Å². The topological polar surface area (TPSA) is 87.8 Å². The predicted octanol–water partition coefficient (Wildman–Crippen LogP) is 5.47. The average molecular weight is 477 g/mol. The van der Waals surface area contributed by atoms with E-state index in [0.717, 1.165) is 29.2 Å². The number of phenols is 1. The lowest BCUT2D eigenvalue weighted by Crippen LogP contribution is -2.33. The third kappa shape index (κ3) is 3.65. The molecule has 1 aliphatic carbocycles. The highest BCUT2D eigenvalue weighted by molar-refractivity contribution is 6.21. The normalized spacial score (nSPS) is 16.6. The van der Waals surface area contributed by atoms with Crippen molar-refractivity contribution in [3.05, 3.63) is 70.4 Å². The summed E-state index contributed by atoms with van der Waals surface area (Å²) in [5.74, 6) is -3.46. The zero-order valence-electron chi connectivity index (χ0n) is 19.2. The van der Waals surface area contributed by atoms with E-state index in [1.807, 2.05) is 20.8 Å². The van der Waals surface area contributed by atoms with Gasteiger partial charge in [-0.1, -0.05) is 32.9 Å². The van der Waals surface area contributed by atoms with Crippen LogP contribution in [0.1, 0.15) is 27.2 Å². The van der Waals surface area contributed by atoms with Gasteiger partial charge in [-0.3, -0.25) is 19.3 Å². The van der Waals surface area contributed by atoms with E-state index in [1.54, 1.807) is 24.3 Å². The summed E-state index contributed by atoms with van der Waals surface area (Å²) in [6, 6.07) is 10.6. The molecule has 178 valence electrons. The van der Waals surface area contributed by atoms with Crippen LogP contribution >= 0.6 is 0 Å². The van der Waals surface area contributed by atoms with Crippen molar-refractivity contribution in [2.45, 2.75) is 27.2 Å². The van der Waals surface area contributed by atoms with Gasteiger partial charge in [-0.25, -0.2) is 8.78 Å². The van der Waals surface area contributed by atoms with E-state index < -0.39 is 28.7 Å². The van der Waals surface area contributed by atoms with Crippen molar-refractivity contribution in [3.63, 3.8) is 0 Å². The fraction of sp³-hybridized carbons (Fsp3) is 0.222. The lowest BCUT2D eigenvalue weighted by atomic mass is 9.80. The van der Waals surface area contributed by atoms with Crippen LogP contribution in [-0.2, 0) is 9.59 Å². The van der Waals surface area contributed by atoms with Crippen molar-refractivity contribution < 1.29 is 27.9 Å². The van der Waals surface area contributed by atoms with Crippen molar-refractivity contribution in [1.82, 2.24) is 0 Å². The highest BCUT2D eigenvalue weighted by Crippen LogP contribution is 2.43. The molecule has 3 aliphatic rings. The molecule has 1 saturated heterocycles. The SMILES string of the molecule is CC(C)(C)C1CC(=O)N(c2ccc(-c3c4cc(F)c(=O)cc-4oc4cc(O)c(F)cc34)cc2)C1=O. The molecule has 1 fully saturated rings. The predicted molar refractivity (Wildman–Crippen MR) is 126 cm³/mol. The Bertz CT molecular complexity index is 1550. The molecule has 5 rings (SSSR count). The molecule has 0 aromatic heterocycles. The first-order valence-corrected chi connectivity index (χ1v) is 11.0. The zero-order chi connectivity index (χ0) is 25.2. The van der Waals surface area contributed by atoms with E-state index in [1.165, 1.54) is 0 Å². The van der Waals surface area contributed by atoms with Gasteiger partial charge < -0.3 is 9.52 Å². The van der Waals surface area contributed by atoms with Gasteiger partial charge in [-0.15, -0.1) is 0 Å². The number of carbonyl (C=O) groups excluding carboxylic acids is 2. The summed E-state index contributed by atoms with van der Waals surface area (Å²) < 4.78 is 34.2. The zero-order valence-corrected chi connectivity index (χ0v) is 19.2. The van der Waals surface area contributed by atoms with Crippen LogP contribution < -0.4 is 10.3 Å². The minimum Gasteiger partial charge on any atom is -0.505 e. The molecule has 6 nitrogen and oxygen atoms in total. The molecule has 0 bridgehead atoms. The number of imide groups is 1. The maximum Gasteiger partial charge on any atom is 0.237 e. The van der Waals surface area contributed by atoms with E-state index >= 15 is 0 Å². The first-order chi connectivity index (χ1) is 16.5. The monoisotopic (exact) mass is 477 g/mol. The number of anilines is 1. The van der Waals surface area contributed by atoms with Crippen LogP contribution in [0.5, 0.6) is 5.75 Å². The van der Waals surface area contributed by atoms with E-state index in [-0.39, 0.29) is 45.9 Å². The summed E-state index contributed by atoms with van der Waals surface area (Å²) in [5.41, 5.74) is 0.362. The van der Waals surface area contributed by atoms with Gasteiger partial charge in [-0.05, 0) is 35.2 Å². The smallest absolute Gasteiger partial charge is 0.237 e. The first kappa shape index (κ1) is 22.7. The molecule has 2 aromatic carbocycles. The highest BCUT2D eigenvalue weighted by atomic mass is 19.1. The van der Waals surface area contributed by atoms with Crippen molar-refractivity contribution >= 4 is 28.5 Å². The van der Waals surface area contributed by atoms with E-state index in [0.29, 0.717) is 16.8 Å². The standard InChI is InChI=1S/C27H21F2NO5/c1-27(2,3)17-10-24(33)30(26(17)34)14-6-4-13(5-7-14)25-15-8-18(28)20(31)11-22(15)35-23-12-21(32)19(29)9-16(23)25/h4-9,11-12,17,31H,10H2,1-3H3. The molecule has 8 heteroatoms. The summed E-state index contributed by atoms with van der Waals surface area (Å²) in [7, 11) is 0. The molecule has 0 spiro atoms. The number of nitrogens with zero attached hydrogens (tertiary/aromatic N) is 1. The largest absolute Gasteiger partial charge is 0.505 e. The minimum atomic E-state index is -0.995. The molecule has 1 N–H and O–H groups in total. The van der Waals surface area contributed by atoms with Crippen molar-refractivity contribution in [2.24, 2.45) is 11.3 Å². The van der Waals surface area contributed by atoms with Gasteiger partial charge in [0.25, 0.3) is 0 Å². The molecule has 2 aliphatic heterocycles. The van der Waals surface area contributed by atoms with Gasteiger partial charge >= 0.3 is 0 Å². The van der Waals surface area contributed by atoms with Crippen LogP contribution in [0.3, 0.4) is 0 Å². The summed E-state index contributed by atoms with van der Waals surface area (Å²) in [6.07, 6.45) is 0.124. The second-order valence-electron chi connectivity index (χ2n) is 9.79. The van der Waals surface area contributed by atoms with Crippen LogP contribution in [0, 0.1) is 23.0 Å². The number of benzene rings is 3. The van der Waals surface area contributed by atoms with Crippen LogP contribution in [0.25, 0.3) is 33.4 Å². The Kier molecular flexibility index (Phi) is 5.01. The number of rotatable bonds is 2. The molecule has 1 atom stereocenters. The molecular formula is C27H21F2NO5. The van der Waals surface area contributed by atoms with Gasteiger partial charge in [0.15, 0.2) is 17.4 Å². The molecule has 2 aromatic rings. The Morgan fingerprint density at radius 3 is 2.29 bits per heavy atom. The molecular weight excluding hydrogens is 456 g/mol. The number of hydrogen-bond donors (Lipinski definition) is 1. The maximum atomic E-state index is 14.3. The molecule has 2 heterocycles. The van der Waals surface area contributed by atoms with Crippen LogP contribution in [0.4, 0.5) is 14.5 Å². The molecule has 35 heavy (non-hydrogen) atoms. The Morgan fingerprint density at radius 1 is 0.971 bits per heavy atom. The Morgan fingerprint density at radius 2 is 1.66 bits per heavy atom. The quantitative estimate of drug-likeness (QED) is 0.305. The Labute approximate surface area is 198 Å². The van der Waals surface area contributed by atoms with Gasteiger partial charge in [-0.2, -0.15) is 0 Å². The summed E-state index contributed by atoms with van der Waals surface area (Å²) in [4.78, 5) is 38.6. The van der Waals surface area contributed by atoms with Gasteiger partial charge in [0.05, 0.1) is 11.6 Å². The number of hydrogen-bond acceptors (Lipinski definition) is 5. The van der Waals surface area contributed by atoms with E-state index in [4.69, 9.17) is 4.42 Å². The fourth-order valence-electron chi connectivity index (χ4n) is 4.57. The minimum absolute atomic E-state index is 0.0619. The van der Waals surface area contributed by atoms with Gasteiger partial charge in [0.1, 0.15) is 11.3 Å². The van der Waals surface area contributed by atoms with E-state index in [2.05, 4.69) is 0 Å². The Balaban J connectivity index is 1.67. The van der Waals surface area contributed by atoms with Crippen molar-refractivity contribution in [2.75, 3.05) is 4.90 Å². The third-order valence-electron chi connectivity index (χ3n) is 6.45. The second kappa shape index (κ2) is 7.73. The van der Waals surface area contributed by atoms with Crippen LogP contribution in [0.2, 0.25) is 0 Å².